The molecule has 1 atom stereocenters. The minimum atomic E-state index is -0.308. The molecule has 1 unspecified atom stereocenters. The van der Waals surface area contributed by atoms with E-state index in [0.717, 1.165) is 0 Å². The van der Waals surface area contributed by atoms with Crippen LogP contribution in [0.5, 0.6) is 11.5 Å². The molecule has 0 aliphatic rings. The van der Waals surface area contributed by atoms with Crippen LogP contribution >= 0.6 is 11.6 Å². The molecule has 0 aromatic heterocycles. The Kier molecular flexibility index (Phi) is 4.40. The number of benzene rings is 2. The predicted octanol–water partition coefficient (Wildman–Crippen LogP) is 4.16. The summed E-state index contributed by atoms with van der Waals surface area (Å²) in [6.45, 7) is 1.83. The third kappa shape index (κ3) is 3.69. The fourth-order valence-electron chi connectivity index (χ4n) is 1.81. The molecule has 2 N–H and O–H groups in total. The molecule has 0 heterocycles. The average molecular weight is 280 g/mol. The van der Waals surface area contributed by atoms with Gasteiger partial charge in [0.25, 0.3) is 0 Å². The first-order valence-electron chi connectivity index (χ1n) is 6.02. The van der Waals surface area contributed by atoms with Crippen LogP contribution in [0, 0.1) is 5.82 Å². The lowest BCUT2D eigenvalue weighted by Crippen LogP contribution is -2.19. The van der Waals surface area contributed by atoms with E-state index in [4.69, 9.17) is 22.1 Å². The van der Waals surface area contributed by atoms with Gasteiger partial charge in [-0.1, -0.05) is 23.7 Å². The number of hydrogen-bond donors (Lipinski definition) is 1. The molecular weight excluding hydrogens is 265 g/mol. The topological polar surface area (TPSA) is 35.2 Å². The van der Waals surface area contributed by atoms with E-state index in [2.05, 4.69) is 0 Å². The summed E-state index contributed by atoms with van der Waals surface area (Å²) in [5.74, 6) is 0.736. The number of hydrogen-bond acceptors (Lipinski definition) is 2. The summed E-state index contributed by atoms with van der Waals surface area (Å²) in [5.41, 5.74) is 6.22. The van der Waals surface area contributed by atoms with Gasteiger partial charge in [0.15, 0.2) is 0 Å². The molecule has 0 bridgehead atoms. The second-order valence-corrected chi connectivity index (χ2v) is 4.89. The molecule has 19 heavy (non-hydrogen) atoms. The first-order chi connectivity index (χ1) is 9.06. The maximum absolute atomic E-state index is 13.8. The monoisotopic (exact) mass is 279 g/mol. The number of rotatable bonds is 4. The highest BCUT2D eigenvalue weighted by molar-refractivity contribution is 6.30. The lowest BCUT2D eigenvalue weighted by molar-refractivity contribution is 0.463. The highest BCUT2D eigenvalue weighted by Gasteiger charge is 2.12. The summed E-state index contributed by atoms with van der Waals surface area (Å²) in [7, 11) is 0. The van der Waals surface area contributed by atoms with Crippen LogP contribution in [0.3, 0.4) is 0 Å². The molecule has 2 aromatic carbocycles. The van der Waals surface area contributed by atoms with Crippen LogP contribution in [0.1, 0.15) is 12.5 Å². The van der Waals surface area contributed by atoms with Gasteiger partial charge in [-0.05, 0) is 43.7 Å². The summed E-state index contributed by atoms with van der Waals surface area (Å²) in [5, 5.41) is 0.572. The maximum Gasteiger partial charge on any atom is 0.133 e. The van der Waals surface area contributed by atoms with E-state index in [0.29, 0.717) is 28.5 Å². The number of halogens is 2. The van der Waals surface area contributed by atoms with Crippen molar-refractivity contribution in [1.82, 2.24) is 0 Å². The Morgan fingerprint density at radius 3 is 2.68 bits per heavy atom. The fraction of sp³-hybridized carbons (Fsp3) is 0.200. The highest BCUT2D eigenvalue weighted by atomic mass is 35.5. The highest BCUT2D eigenvalue weighted by Crippen LogP contribution is 2.29. The molecule has 2 aromatic rings. The zero-order valence-corrected chi connectivity index (χ0v) is 11.3. The number of ether oxygens (including phenoxy) is 1. The third-order valence-electron chi connectivity index (χ3n) is 2.63. The molecule has 2 rings (SSSR count). The Morgan fingerprint density at radius 1 is 1.26 bits per heavy atom. The van der Waals surface area contributed by atoms with Gasteiger partial charge in [-0.3, -0.25) is 0 Å². The Balaban J connectivity index is 2.31. The van der Waals surface area contributed by atoms with Gasteiger partial charge in [-0.2, -0.15) is 0 Å². The Labute approximate surface area is 117 Å². The van der Waals surface area contributed by atoms with Crippen LogP contribution in [0.15, 0.2) is 42.5 Å². The second kappa shape index (κ2) is 6.04. The Bertz CT molecular complexity index is 572. The molecular formula is C15H15ClFNO. The molecule has 0 amide bonds. The van der Waals surface area contributed by atoms with Crippen molar-refractivity contribution >= 4 is 11.6 Å². The molecule has 2 nitrogen and oxygen atoms in total. The van der Waals surface area contributed by atoms with E-state index >= 15 is 0 Å². The van der Waals surface area contributed by atoms with Crippen molar-refractivity contribution < 1.29 is 9.13 Å². The van der Waals surface area contributed by atoms with Gasteiger partial charge in [0.05, 0.1) is 0 Å². The lowest BCUT2D eigenvalue weighted by Gasteiger charge is -2.13. The molecule has 0 aliphatic carbocycles. The van der Waals surface area contributed by atoms with E-state index in [1.54, 1.807) is 36.4 Å². The van der Waals surface area contributed by atoms with Gasteiger partial charge in [0, 0.05) is 16.6 Å². The average Bonchev–Trinajstić information content (AvgIpc) is 2.33. The van der Waals surface area contributed by atoms with Crippen molar-refractivity contribution in [3.05, 3.63) is 58.9 Å². The molecule has 0 aliphatic heterocycles. The van der Waals surface area contributed by atoms with E-state index in [1.807, 2.05) is 6.92 Å². The fourth-order valence-corrected chi connectivity index (χ4v) is 1.99. The zero-order valence-electron chi connectivity index (χ0n) is 10.6. The van der Waals surface area contributed by atoms with Gasteiger partial charge in [-0.25, -0.2) is 4.39 Å². The van der Waals surface area contributed by atoms with Crippen molar-refractivity contribution in [2.45, 2.75) is 19.4 Å². The summed E-state index contributed by atoms with van der Waals surface area (Å²) in [6.07, 6.45) is 0.419. The first kappa shape index (κ1) is 13.8. The van der Waals surface area contributed by atoms with Crippen LogP contribution in [0.25, 0.3) is 0 Å². The lowest BCUT2D eigenvalue weighted by atomic mass is 10.1. The van der Waals surface area contributed by atoms with Crippen LogP contribution in [0.2, 0.25) is 5.02 Å². The third-order valence-corrected chi connectivity index (χ3v) is 2.86. The largest absolute Gasteiger partial charge is 0.457 e. The van der Waals surface area contributed by atoms with E-state index in [1.165, 1.54) is 6.07 Å². The zero-order chi connectivity index (χ0) is 13.8. The van der Waals surface area contributed by atoms with Crippen LogP contribution < -0.4 is 10.5 Å². The summed E-state index contributed by atoms with van der Waals surface area (Å²) in [4.78, 5) is 0. The molecule has 4 heteroatoms. The molecule has 0 spiro atoms. The molecule has 0 saturated heterocycles. The normalized spacial score (nSPS) is 12.2. The van der Waals surface area contributed by atoms with Gasteiger partial charge < -0.3 is 10.5 Å². The summed E-state index contributed by atoms with van der Waals surface area (Å²) in [6, 6.07) is 11.6. The minimum absolute atomic E-state index is 0.140. The van der Waals surface area contributed by atoms with Crippen molar-refractivity contribution in [3.8, 4) is 11.5 Å². The van der Waals surface area contributed by atoms with E-state index in [9.17, 15) is 4.39 Å². The van der Waals surface area contributed by atoms with E-state index in [-0.39, 0.29) is 11.9 Å². The van der Waals surface area contributed by atoms with Gasteiger partial charge >= 0.3 is 0 Å². The van der Waals surface area contributed by atoms with Crippen LogP contribution in [-0.4, -0.2) is 6.04 Å². The molecule has 0 radical (unpaired) electrons. The molecule has 0 saturated carbocycles. The minimum Gasteiger partial charge on any atom is -0.457 e. The first-order valence-corrected chi connectivity index (χ1v) is 6.40. The predicted molar refractivity (Wildman–Crippen MR) is 75.3 cm³/mol. The summed E-state index contributed by atoms with van der Waals surface area (Å²) >= 11 is 5.89. The summed E-state index contributed by atoms with van der Waals surface area (Å²) < 4.78 is 19.5. The SMILES string of the molecule is CC(N)Cc1c(F)cccc1Oc1cccc(Cl)c1. The van der Waals surface area contributed by atoms with Gasteiger partial charge in [0.1, 0.15) is 17.3 Å². The van der Waals surface area contributed by atoms with Crippen molar-refractivity contribution in [2.24, 2.45) is 5.73 Å². The van der Waals surface area contributed by atoms with Gasteiger partial charge in [-0.15, -0.1) is 0 Å². The Hall–Kier alpha value is -1.58. The van der Waals surface area contributed by atoms with Crippen LogP contribution in [-0.2, 0) is 6.42 Å². The van der Waals surface area contributed by atoms with Gasteiger partial charge in [0.2, 0.25) is 0 Å². The number of nitrogens with two attached hydrogens (primary N) is 1. The van der Waals surface area contributed by atoms with Crippen molar-refractivity contribution in [1.29, 1.82) is 0 Å². The maximum atomic E-state index is 13.8. The van der Waals surface area contributed by atoms with Crippen molar-refractivity contribution in [2.75, 3.05) is 0 Å². The Morgan fingerprint density at radius 2 is 2.00 bits per heavy atom. The second-order valence-electron chi connectivity index (χ2n) is 4.46. The van der Waals surface area contributed by atoms with Crippen molar-refractivity contribution in [3.63, 3.8) is 0 Å². The standard InChI is InChI=1S/C15H15ClFNO/c1-10(18)8-13-14(17)6-3-7-15(13)19-12-5-2-4-11(16)9-12/h2-7,9-10H,8,18H2,1H3. The molecule has 0 fully saturated rings. The van der Waals surface area contributed by atoms with Crippen LogP contribution in [0.4, 0.5) is 4.39 Å². The quantitative estimate of drug-likeness (QED) is 0.912. The smallest absolute Gasteiger partial charge is 0.133 e. The van der Waals surface area contributed by atoms with E-state index < -0.39 is 0 Å². The molecule has 100 valence electrons.